The molecular formula is C20H21N5O2S. The van der Waals surface area contributed by atoms with Crippen LogP contribution < -0.4 is 10.2 Å². The van der Waals surface area contributed by atoms with Crippen LogP contribution in [-0.4, -0.2) is 33.1 Å². The van der Waals surface area contributed by atoms with Crippen LogP contribution in [0.4, 0.5) is 11.5 Å². The number of hydrogen-bond donors (Lipinski definition) is 1. The molecule has 28 heavy (non-hydrogen) atoms. The number of benzene rings is 1. The number of rotatable bonds is 5. The second-order valence-electron chi connectivity index (χ2n) is 6.73. The Morgan fingerprint density at radius 3 is 2.75 bits per heavy atom. The molecule has 0 saturated carbocycles. The summed E-state index contributed by atoms with van der Waals surface area (Å²) in [6.07, 6.45) is 2.96. The highest BCUT2D eigenvalue weighted by Crippen LogP contribution is 2.24. The van der Waals surface area contributed by atoms with Gasteiger partial charge in [0, 0.05) is 54.8 Å². The first-order valence-electron chi connectivity index (χ1n) is 9.25. The van der Waals surface area contributed by atoms with Crippen LogP contribution in [0.3, 0.4) is 0 Å². The molecule has 0 atom stereocenters. The minimum Gasteiger partial charge on any atom is -0.326 e. The first-order valence-corrected chi connectivity index (χ1v) is 10.1. The predicted octanol–water partition coefficient (Wildman–Crippen LogP) is 3.47. The monoisotopic (exact) mass is 395 g/mol. The normalized spacial score (nSPS) is 13.2. The van der Waals surface area contributed by atoms with Gasteiger partial charge < -0.3 is 5.32 Å². The summed E-state index contributed by atoms with van der Waals surface area (Å²) in [5, 5.41) is 10.1. The number of aryl methyl sites for hydroxylation is 2. The first-order chi connectivity index (χ1) is 13.6. The van der Waals surface area contributed by atoms with Crippen LogP contribution >= 0.6 is 11.3 Å². The molecule has 2 aromatic heterocycles. The number of carbonyl (C=O) groups excluding carboxylic acids is 2. The summed E-state index contributed by atoms with van der Waals surface area (Å²) in [5.74, 6) is 0.610. The van der Waals surface area contributed by atoms with Crippen molar-refractivity contribution in [1.29, 1.82) is 0 Å². The smallest absolute Gasteiger partial charge is 0.228 e. The highest BCUT2D eigenvalue weighted by atomic mass is 32.1. The third kappa shape index (κ3) is 3.96. The molecule has 2 amide bonds. The van der Waals surface area contributed by atoms with E-state index in [2.05, 4.69) is 15.4 Å². The van der Waals surface area contributed by atoms with Crippen LogP contribution in [0.2, 0.25) is 0 Å². The average molecular weight is 395 g/mol. The molecule has 0 fully saturated rings. The highest BCUT2D eigenvalue weighted by Gasteiger charge is 2.24. The Bertz CT molecular complexity index is 979. The van der Waals surface area contributed by atoms with Crippen molar-refractivity contribution in [2.75, 3.05) is 16.8 Å². The van der Waals surface area contributed by atoms with Gasteiger partial charge in [0.2, 0.25) is 11.8 Å². The molecule has 4 rings (SSSR count). The summed E-state index contributed by atoms with van der Waals surface area (Å²) in [6, 6.07) is 9.47. The minimum atomic E-state index is -0.169. The van der Waals surface area contributed by atoms with Crippen molar-refractivity contribution < 1.29 is 9.59 Å². The van der Waals surface area contributed by atoms with E-state index in [-0.39, 0.29) is 24.7 Å². The number of aromatic nitrogens is 3. The van der Waals surface area contributed by atoms with Gasteiger partial charge in [-0.15, -0.1) is 11.3 Å². The van der Waals surface area contributed by atoms with Gasteiger partial charge in [0.05, 0.1) is 5.69 Å². The Labute approximate surface area is 167 Å². The zero-order chi connectivity index (χ0) is 19.5. The molecule has 8 heteroatoms. The molecule has 0 spiro atoms. The molecule has 0 saturated heterocycles. The van der Waals surface area contributed by atoms with Crippen molar-refractivity contribution in [3.63, 3.8) is 0 Å². The van der Waals surface area contributed by atoms with Crippen molar-refractivity contribution in [2.24, 2.45) is 0 Å². The van der Waals surface area contributed by atoms with Gasteiger partial charge in [-0.25, -0.2) is 9.67 Å². The quantitative estimate of drug-likeness (QED) is 0.717. The summed E-state index contributed by atoms with van der Waals surface area (Å²) < 4.78 is 1.86. The van der Waals surface area contributed by atoms with Gasteiger partial charge in [-0.3, -0.25) is 14.5 Å². The number of anilines is 2. The highest BCUT2D eigenvalue weighted by molar-refractivity contribution is 7.13. The maximum absolute atomic E-state index is 12.6. The van der Waals surface area contributed by atoms with Gasteiger partial charge in [0.15, 0.2) is 0 Å². The Morgan fingerprint density at radius 1 is 1.18 bits per heavy atom. The molecular weight excluding hydrogens is 374 g/mol. The van der Waals surface area contributed by atoms with Crippen molar-refractivity contribution in [3.05, 3.63) is 47.6 Å². The Balaban J connectivity index is 1.32. The van der Waals surface area contributed by atoms with Gasteiger partial charge in [-0.2, -0.15) is 5.10 Å². The summed E-state index contributed by atoms with van der Waals surface area (Å²) in [7, 11) is 0. The maximum atomic E-state index is 12.6. The van der Waals surface area contributed by atoms with E-state index in [9.17, 15) is 9.59 Å². The van der Waals surface area contributed by atoms with Crippen molar-refractivity contribution >= 4 is 34.7 Å². The second-order valence-corrected chi connectivity index (χ2v) is 7.62. The maximum Gasteiger partial charge on any atom is 0.228 e. The lowest BCUT2D eigenvalue weighted by atomic mass is 10.2. The molecule has 1 aliphatic heterocycles. The molecule has 0 unspecified atom stereocenters. The summed E-state index contributed by atoms with van der Waals surface area (Å²) in [4.78, 5) is 30.9. The lowest BCUT2D eigenvalue weighted by Crippen LogP contribution is -2.37. The molecule has 7 nitrogen and oxygen atoms in total. The lowest BCUT2D eigenvalue weighted by molar-refractivity contribution is -0.122. The zero-order valence-electron chi connectivity index (χ0n) is 15.6. The van der Waals surface area contributed by atoms with Gasteiger partial charge in [-0.1, -0.05) is 0 Å². The second kappa shape index (κ2) is 7.93. The molecule has 1 aliphatic rings. The van der Waals surface area contributed by atoms with Crippen LogP contribution in [0.1, 0.15) is 25.0 Å². The molecule has 144 valence electrons. The molecule has 0 bridgehead atoms. The van der Waals surface area contributed by atoms with E-state index in [1.165, 1.54) is 0 Å². The standard InChI is InChI=1S/C20H21N5O2S/c1-14-13-18-24(10-2-11-25(18)23-14)19(27)8-7-17(26)22-16-5-3-15(4-6-16)20-21-9-12-28-20/h3-6,9,12-13H,2,7-8,10-11H2,1H3,(H,22,26). The topological polar surface area (TPSA) is 80.1 Å². The van der Waals surface area contributed by atoms with E-state index in [4.69, 9.17) is 0 Å². The van der Waals surface area contributed by atoms with E-state index in [1.54, 1.807) is 22.4 Å². The third-order valence-electron chi connectivity index (χ3n) is 4.62. The van der Waals surface area contributed by atoms with Gasteiger partial charge in [0.1, 0.15) is 10.8 Å². The van der Waals surface area contributed by atoms with Gasteiger partial charge in [0.25, 0.3) is 0 Å². The fourth-order valence-corrected chi connectivity index (χ4v) is 3.94. The van der Waals surface area contributed by atoms with E-state index in [0.29, 0.717) is 12.2 Å². The Morgan fingerprint density at radius 2 is 2.00 bits per heavy atom. The molecule has 0 aliphatic carbocycles. The van der Waals surface area contributed by atoms with Crippen LogP contribution in [0, 0.1) is 6.92 Å². The van der Waals surface area contributed by atoms with Crippen LogP contribution in [0.25, 0.3) is 10.6 Å². The number of nitrogens with zero attached hydrogens (tertiary/aromatic N) is 4. The molecule has 3 heterocycles. The van der Waals surface area contributed by atoms with Crippen molar-refractivity contribution in [1.82, 2.24) is 14.8 Å². The van der Waals surface area contributed by atoms with Crippen LogP contribution in [0.5, 0.6) is 0 Å². The summed E-state index contributed by atoms with van der Waals surface area (Å²) >= 11 is 1.57. The minimum absolute atomic E-state index is 0.0462. The first kappa shape index (κ1) is 18.4. The van der Waals surface area contributed by atoms with Crippen molar-refractivity contribution in [2.45, 2.75) is 32.7 Å². The number of thiazole rings is 1. The zero-order valence-corrected chi connectivity index (χ0v) is 16.4. The number of carbonyl (C=O) groups is 2. The lowest BCUT2D eigenvalue weighted by Gasteiger charge is -2.27. The summed E-state index contributed by atoms with van der Waals surface area (Å²) in [6.45, 7) is 3.41. The third-order valence-corrected chi connectivity index (χ3v) is 5.45. The molecule has 1 aromatic carbocycles. The van der Waals surface area contributed by atoms with Crippen molar-refractivity contribution in [3.8, 4) is 10.6 Å². The molecule has 1 N–H and O–H groups in total. The van der Waals surface area contributed by atoms with E-state index in [1.807, 2.05) is 47.3 Å². The van der Waals surface area contributed by atoms with Crippen LogP contribution in [-0.2, 0) is 16.1 Å². The fourth-order valence-electron chi connectivity index (χ4n) is 3.30. The summed E-state index contributed by atoms with van der Waals surface area (Å²) in [5.41, 5.74) is 2.62. The number of fused-ring (bicyclic) bond motifs is 1. The average Bonchev–Trinajstić information content (AvgIpc) is 3.35. The van der Waals surface area contributed by atoms with E-state index < -0.39 is 0 Å². The fraction of sp³-hybridized carbons (Fsp3) is 0.300. The number of hydrogen-bond acceptors (Lipinski definition) is 5. The predicted molar refractivity (Wildman–Crippen MR) is 109 cm³/mol. The Kier molecular flexibility index (Phi) is 5.21. The number of amides is 2. The van der Waals surface area contributed by atoms with E-state index >= 15 is 0 Å². The Hall–Kier alpha value is -3.00. The number of nitrogens with one attached hydrogen (secondary N) is 1. The largest absolute Gasteiger partial charge is 0.326 e. The SMILES string of the molecule is Cc1cc2n(n1)CCCN2C(=O)CCC(=O)Nc1ccc(-c2nccs2)cc1. The van der Waals surface area contributed by atoms with E-state index in [0.717, 1.165) is 35.0 Å². The molecule has 0 radical (unpaired) electrons. The van der Waals surface area contributed by atoms with Gasteiger partial charge in [-0.05, 0) is 37.6 Å². The molecule has 3 aromatic rings. The van der Waals surface area contributed by atoms with Gasteiger partial charge >= 0.3 is 0 Å². The van der Waals surface area contributed by atoms with Crippen LogP contribution in [0.15, 0.2) is 41.9 Å².